The average molecular weight is 515 g/mol. The summed E-state index contributed by atoms with van der Waals surface area (Å²) >= 11 is 6.31. The summed E-state index contributed by atoms with van der Waals surface area (Å²) in [5.41, 5.74) is 1.15. The second kappa shape index (κ2) is 10.4. The van der Waals surface area contributed by atoms with E-state index < -0.39 is 21.9 Å². The third kappa shape index (κ3) is 5.58. The number of aliphatic imine (C=N–C) groups is 1. The lowest BCUT2D eigenvalue weighted by Crippen LogP contribution is -2.40. The summed E-state index contributed by atoms with van der Waals surface area (Å²) in [6, 6.07) is 17.4. The number of phenolic OH excluding ortho intramolecular Hbond substituents is 1. The molecule has 3 aromatic carbocycles. The number of benzene rings is 3. The Kier molecular flexibility index (Phi) is 7.28. The summed E-state index contributed by atoms with van der Waals surface area (Å²) in [5.74, 6) is -0.0336. The van der Waals surface area contributed by atoms with Gasteiger partial charge in [-0.15, -0.1) is 0 Å². The Morgan fingerprint density at radius 1 is 1.09 bits per heavy atom. The molecule has 0 saturated heterocycles. The number of hydrogen-bond donors (Lipinski definition) is 3. The first-order chi connectivity index (χ1) is 16.8. The highest BCUT2D eigenvalue weighted by Crippen LogP contribution is 2.33. The molecule has 0 spiro atoms. The van der Waals surface area contributed by atoms with E-state index in [-0.39, 0.29) is 27.1 Å². The van der Waals surface area contributed by atoms with Crippen molar-refractivity contribution in [2.75, 3.05) is 21.3 Å². The molecule has 0 aromatic heterocycles. The molecule has 10 heteroatoms. The first-order valence-corrected chi connectivity index (χ1v) is 12.9. The van der Waals surface area contributed by atoms with E-state index >= 15 is 0 Å². The number of aromatic hydroxyl groups is 1. The fraction of sp³-hybridized carbons (Fsp3) is 0.160. The Balaban J connectivity index is 1.70. The van der Waals surface area contributed by atoms with E-state index in [0.717, 1.165) is 0 Å². The molecule has 1 aliphatic rings. The van der Waals surface area contributed by atoms with Gasteiger partial charge in [0.15, 0.2) is 9.84 Å². The van der Waals surface area contributed by atoms with Gasteiger partial charge < -0.3 is 20.6 Å². The van der Waals surface area contributed by atoms with E-state index in [0.29, 0.717) is 23.6 Å². The number of nitrogens with zero attached hydrogens (tertiary/aromatic N) is 2. The van der Waals surface area contributed by atoms with Crippen LogP contribution in [0.3, 0.4) is 0 Å². The van der Waals surface area contributed by atoms with Crippen LogP contribution in [0.5, 0.6) is 5.75 Å². The van der Waals surface area contributed by atoms with E-state index in [9.17, 15) is 17.9 Å². The molecule has 3 N–H and O–H groups in total. The highest BCUT2D eigenvalue weighted by Gasteiger charge is 2.26. The predicted molar refractivity (Wildman–Crippen MR) is 138 cm³/mol. The van der Waals surface area contributed by atoms with Crippen molar-refractivity contribution >= 4 is 44.3 Å². The summed E-state index contributed by atoms with van der Waals surface area (Å²) in [6.45, 7) is 1.81. The van der Waals surface area contributed by atoms with Gasteiger partial charge in [-0.3, -0.25) is 0 Å². The summed E-state index contributed by atoms with van der Waals surface area (Å²) in [6.07, 6.45) is 2.89. The van der Waals surface area contributed by atoms with Crippen LogP contribution in [0.15, 0.2) is 88.9 Å². The van der Waals surface area contributed by atoms with Gasteiger partial charge in [0.2, 0.25) is 6.29 Å². The lowest BCUT2D eigenvalue weighted by molar-refractivity contribution is 0.475. The Labute approximate surface area is 208 Å². The van der Waals surface area contributed by atoms with E-state index in [1.165, 1.54) is 29.2 Å². The van der Waals surface area contributed by atoms with E-state index in [1.807, 2.05) is 6.92 Å². The van der Waals surface area contributed by atoms with E-state index in [1.54, 1.807) is 54.7 Å². The minimum absolute atomic E-state index is 0.0264. The van der Waals surface area contributed by atoms with Crippen molar-refractivity contribution in [1.82, 2.24) is 0 Å². The molecule has 1 aliphatic heterocycles. The Hall–Kier alpha value is -3.56. The zero-order valence-corrected chi connectivity index (χ0v) is 20.4. The second-order valence-electron chi connectivity index (χ2n) is 7.81. The van der Waals surface area contributed by atoms with Gasteiger partial charge >= 0.3 is 0 Å². The third-order valence-corrected chi connectivity index (χ3v) is 7.51. The lowest BCUT2D eigenvalue weighted by Gasteiger charge is -2.33. The predicted octanol–water partition coefficient (Wildman–Crippen LogP) is 5.61. The molecule has 0 aliphatic carbocycles. The van der Waals surface area contributed by atoms with Crippen molar-refractivity contribution in [2.24, 2.45) is 4.99 Å². The molecule has 0 bridgehead atoms. The van der Waals surface area contributed by atoms with Crippen molar-refractivity contribution < 1.29 is 17.9 Å². The summed E-state index contributed by atoms with van der Waals surface area (Å²) in [7, 11) is -3.48. The number of rotatable bonds is 7. The number of hydrogen-bond acceptors (Lipinski definition) is 7. The number of para-hydroxylation sites is 2. The minimum Gasteiger partial charge on any atom is -0.508 e. The molecule has 4 rings (SSSR count). The highest BCUT2D eigenvalue weighted by molar-refractivity contribution is 7.91. The molecular formula is C25H24ClFN4O3S. The van der Waals surface area contributed by atoms with E-state index in [4.69, 9.17) is 11.6 Å². The lowest BCUT2D eigenvalue weighted by atomic mass is 10.2. The molecule has 35 heavy (non-hydrogen) atoms. The topological polar surface area (TPSA) is 94.0 Å². The maximum Gasteiger partial charge on any atom is 0.202 e. The van der Waals surface area contributed by atoms with Crippen LogP contribution in [-0.2, 0) is 9.84 Å². The molecule has 1 unspecified atom stereocenters. The van der Waals surface area contributed by atoms with Crippen LogP contribution < -0.4 is 15.5 Å². The van der Waals surface area contributed by atoms with Gasteiger partial charge in [-0.05, 0) is 61.0 Å². The van der Waals surface area contributed by atoms with Crippen molar-refractivity contribution in [1.29, 1.82) is 0 Å². The van der Waals surface area contributed by atoms with Crippen LogP contribution >= 0.6 is 11.6 Å². The summed E-state index contributed by atoms with van der Waals surface area (Å²) in [4.78, 5) is 6.37. The molecule has 0 fully saturated rings. The largest absolute Gasteiger partial charge is 0.508 e. The van der Waals surface area contributed by atoms with Crippen LogP contribution in [0, 0.1) is 5.82 Å². The number of sulfone groups is 1. The molecule has 1 heterocycles. The summed E-state index contributed by atoms with van der Waals surface area (Å²) in [5, 5.41) is 16.1. The first kappa shape index (κ1) is 24.6. The zero-order chi connectivity index (χ0) is 25.0. The Bertz CT molecular complexity index is 1360. The van der Waals surface area contributed by atoms with Gasteiger partial charge in [0.1, 0.15) is 17.4 Å². The van der Waals surface area contributed by atoms with Crippen LogP contribution in [0.2, 0.25) is 5.02 Å². The minimum atomic E-state index is -3.48. The first-order valence-electron chi connectivity index (χ1n) is 10.9. The third-order valence-electron chi connectivity index (χ3n) is 5.23. The molecule has 7 nitrogen and oxygen atoms in total. The highest BCUT2D eigenvalue weighted by atomic mass is 35.5. The SMILES string of the molecule is CCCS(=O)(=O)c1ccccc1NC1=NC(Nc2ccc(O)cc2)N(c2c(F)cccc2Cl)C=C1. The van der Waals surface area contributed by atoms with Crippen LogP contribution in [0.4, 0.5) is 21.5 Å². The van der Waals surface area contributed by atoms with Gasteiger partial charge in [-0.25, -0.2) is 17.8 Å². The van der Waals surface area contributed by atoms with E-state index in [2.05, 4.69) is 15.6 Å². The van der Waals surface area contributed by atoms with Crippen molar-refractivity contribution in [2.45, 2.75) is 24.5 Å². The van der Waals surface area contributed by atoms with Crippen molar-refractivity contribution in [3.8, 4) is 5.75 Å². The monoisotopic (exact) mass is 514 g/mol. The van der Waals surface area contributed by atoms with Crippen LogP contribution in [0.1, 0.15) is 13.3 Å². The molecule has 3 aromatic rings. The smallest absolute Gasteiger partial charge is 0.202 e. The second-order valence-corrected chi connectivity index (χ2v) is 10.3. The van der Waals surface area contributed by atoms with Gasteiger partial charge in [-0.2, -0.15) is 0 Å². The van der Waals surface area contributed by atoms with Gasteiger partial charge in [0.25, 0.3) is 0 Å². The number of anilines is 3. The van der Waals surface area contributed by atoms with Gasteiger partial charge in [0, 0.05) is 11.9 Å². The zero-order valence-electron chi connectivity index (χ0n) is 18.8. The average Bonchev–Trinajstić information content (AvgIpc) is 2.82. The standard InChI is InChI=1S/C25H24ClFN4O3S/c1-2-16-35(33,34)22-9-4-3-8-21(22)29-23-14-15-31(24-19(26)6-5-7-20(24)27)25(30-23)28-17-10-12-18(32)13-11-17/h3-15,25,28,32H,2,16H2,1H3,(H,29,30). The quantitative estimate of drug-likeness (QED) is 0.355. The molecular weight excluding hydrogens is 491 g/mol. The fourth-order valence-electron chi connectivity index (χ4n) is 3.64. The van der Waals surface area contributed by atoms with Crippen molar-refractivity contribution in [3.63, 3.8) is 0 Å². The Morgan fingerprint density at radius 3 is 2.54 bits per heavy atom. The number of halogens is 2. The molecule has 0 amide bonds. The number of phenols is 1. The van der Waals surface area contributed by atoms with Crippen LogP contribution in [0.25, 0.3) is 0 Å². The number of amidine groups is 1. The molecule has 0 radical (unpaired) electrons. The van der Waals surface area contributed by atoms with Crippen LogP contribution in [-0.4, -0.2) is 31.4 Å². The fourth-order valence-corrected chi connectivity index (χ4v) is 5.40. The maximum atomic E-state index is 14.7. The number of nitrogens with one attached hydrogen (secondary N) is 2. The molecule has 182 valence electrons. The van der Waals surface area contributed by atoms with Gasteiger partial charge in [-0.1, -0.05) is 36.7 Å². The summed E-state index contributed by atoms with van der Waals surface area (Å²) < 4.78 is 40.2. The maximum absolute atomic E-state index is 14.7. The molecule has 1 atom stereocenters. The Morgan fingerprint density at radius 2 is 1.83 bits per heavy atom. The molecule has 0 saturated carbocycles. The van der Waals surface area contributed by atoms with Crippen molar-refractivity contribution in [3.05, 3.63) is 89.8 Å². The van der Waals surface area contributed by atoms with Gasteiger partial charge in [0.05, 0.1) is 27.0 Å². The normalized spacial score (nSPS) is 15.6.